The number of hydrogen-bond acceptors (Lipinski definition) is 5. The fourth-order valence-electron chi connectivity index (χ4n) is 2.50. The minimum absolute atomic E-state index is 0.187. The number of rotatable bonds is 4. The first kappa shape index (κ1) is 15.4. The molecule has 0 bridgehead atoms. The number of aryl methyl sites for hydroxylation is 1. The average molecular weight is 312 g/mol. The predicted octanol–water partition coefficient (Wildman–Crippen LogP) is 1.55. The number of amides is 1. The second kappa shape index (κ2) is 7.19. The molecule has 2 aromatic rings. The Hall–Kier alpha value is -2.47. The van der Waals surface area contributed by atoms with Crippen molar-refractivity contribution < 1.29 is 9.53 Å². The summed E-state index contributed by atoms with van der Waals surface area (Å²) < 4.78 is 5.36. The highest BCUT2D eigenvalue weighted by Gasteiger charge is 2.11. The summed E-state index contributed by atoms with van der Waals surface area (Å²) in [6, 6.07) is 9.92. The second-order valence-corrected chi connectivity index (χ2v) is 5.49. The summed E-state index contributed by atoms with van der Waals surface area (Å²) in [7, 11) is 0. The van der Waals surface area contributed by atoms with Crippen molar-refractivity contribution in [1.29, 1.82) is 0 Å². The van der Waals surface area contributed by atoms with Crippen LogP contribution in [-0.4, -0.2) is 42.2 Å². The summed E-state index contributed by atoms with van der Waals surface area (Å²) in [4.78, 5) is 22.3. The SMILES string of the molecule is Cc1cc(C(=O)NCc2ccc(N3CCOCC3)cc2)ncn1. The van der Waals surface area contributed by atoms with E-state index in [1.54, 1.807) is 6.07 Å². The lowest BCUT2D eigenvalue weighted by Crippen LogP contribution is -2.36. The van der Waals surface area contributed by atoms with Gasteiger partial charge in [0.2, 0.25) is 0 Å². The van der Waals surface area contributed by atoms with Crippen LogP contribution >= 0.6 is 0 Å². The van der Waals surface area contributed by atoms with Crippen molar-refractivity contribution in [2.24, 2.45) is 0 Å². The van der Waals surface area contributed by atoms with E-state index in [0.29, 0.717) is 12.2 Å². The third kappa shape index (κ3) is 4.04. The molecule has 1 aromatic carbocycles. The maximum absolute atomic E-state index is 12.1. The Labute approximate surface area is 135 Å². The molecule has 6 nitrogen and oxygen atoms in total. The molecule has 0 spiro atoms. The summed E-state index contributed by atoms with van der Waals surface area (Å²) in [6.45, 7) is 5.70. The van der Waals surface area contributed by atoms with Crippen molar-refractivity contribution in [1.82, 2.24) is 15.3 Å². The highest BCUT2D eigenvalue weighted by Crippen LogP contribution is 2.16. The zero-order chi connectivity index (χ0) is 16.1. The summed E-state index contributed by atoms with van der Waals surface area (Å²) in [5.41, 5.74) is 3.42. The van der Waals surface area contributed by atoms with E-state index >= 15 is 0 Å². The molecule has 1 N–H and O–H groups in total. The van der Waals surface area contributed by atoms with Gasteiger partial charge < -0.3 is 15.0 Å². The van der Waals surface area contributed by atoms with E-state index in [4.69, 9.17) is 4.74 Å². The van der Waals surface area contributed by atoms with E-state index in [0.717, 1.165) is 37.6 Å². The number of morpholine rings is 1. The van der Waals surface area contributed by atoms with Crippen LogP contribution in [0.3, 0.4) is 0 Å². The molecule has 0 atom stereocenters. The average Bonchev–Trinajstić information content (AvgIpc) is 2.61. The van der Waals surface area contributed by atoms with Crippen LogP contribution in [0.2, 0.25) is 0 Å². The molecule has 1 aromatic heterocycles. The molecule has 1 fully saturated rings. The number of benzene rings is 1. The molecule has 1 aliphatic rings. The largest absolute Gasteiger partial charge is 0.378 e. The molecular weight excluding hydrogens is 292 g/mol. The van der Waals surface area contributed by atoms with Crippen molar-refractivity contribution in [3.05, 3.63) is 53.6 Å². The molecule has 0 saturated carbocycles. The third-order valence-corrected chi connectivity index (χ3v) is 3.80. The number of nitrogens with zero attached hydrogens (tertiary/aromatic N) is 3. The van der Waals surface area contributed by atoms with Gasteiger partial charge in [-0.05, 0) is 30.7 Å². The van der Waals surface area contributed by atoms with Crippen molar-refractivity contribution in [3.8, 4) is 0 Å². The molecule has 0 radical (unpaired) electrons. The summed E-state index contributed by atoms with van der Waals surface area (Å²) in [5.74, 6) is -0.187. The Bertz CT molecular complexity index is 667. The lowest BCUT2D eigenvalue weighted by molar-refractivity contribution is 0.0945. The molecular formula is C17H20N4O2. The van der Waals surface area contributed by atoms with Gasteiger partial charge in [0.15, 0.2) is 0 Å². The van der Waals surface area contributed by atoms with Crippen molar-refractivity contribution in [2.45, 2.75) is 13.5 Å². The quantitative estimate of drug-likeness (QED) is 0.928. The number of hydrogen-bond donors (Lipinski definition) is 1. The molecule has 23 heavy (non-hydrogen) atoms. The maximum Gasteiger partial charge on any atom is 0.270 e. The molecule has 2 heterocycles. The van der Waals surface area contributed by atoms with Gasteiger partial charge in [-0.15, -0.1) is 0 Å². The summed E-state index contributed by atoms with van der Waals surface area (Å²) in [6.07, 6.45) is 1.40. The van der Waals surface area contributed by atoms with Gasteiger partial charge >= 0.3 is 0 Å². The topological polar surface area (TPSA) is 67.4 Å². The van der Waals surface area contributed by atoms with E-state index in [1.807, 2.05) is 19.1 Å². The predicted molar refractivity (Wildman–Crippen MR) is 87.4 cm³/mol. The third-order valence-electron chi connectivity index (χ3n) is 3.80. The number of ether oxygens (including phenoxy) is 1. The van der Waals surface area contributed by atoms with Gasteiger partial charge in [-0.2, -0.15) is 0 Å². The first-order valence-electron chi connectivity index (χ1n) is 7.71. The molecule has 120 valence electrons. The zero-order valence-electron chi connectivity index (χ0n) is 13.2. The Morgan fingerprint density at radius 2 is 1.96 bits per heavy atom. The molecule has 0 unspecified atom stereocenters. The number of nitrogens with one attached hydrogen (secondary N) is 1. The molecule has 1 aliphatic heterocycles. The molecule has 0 aliphatic carbocycles. The Kier molecular flexibility index (Phi) is 4.83. The lowest BCUT2D eigenvalue weighted by Gasteiger charge is -2.28. The smallest absolute Gasteiger partial charge is 0.270 e. The van der Waals surface area contributed by atoms with E-state index in [2.05, 4.69) is 32.3 Å². The van der Waals surface area contributed by atoms with Gasteiger partial charge in [0, 0.05) is 31.0 Å². The van der Waals surface area contributed by atoms with E-state index in [9.17, 15) is 4.79 Å². The normalized spacial score (nSPS) is 14.6. The van der Waals surface area contributed by atoms with Crippen LogP contribution in [0.5, 0.6) is 0 Å². The first-order valence-corrected chi connectivity index (χ1v) is 7.71. The Morgan fingerprint density at radius 3 is 2.65 bits per heavy atom. The fraction of sp³-hybridized carbons (Fsp3) is 0.353. The number of carbonyl (C=O) groups excluding carboxylic acids is 1. The van der Waals surface area contributed by atoms with Crippen LogP contribution < -0.4 is 10.2 Å². The highest BCUT2D eigenvalue weighted by atomic mass is 16.5. The number of carbonyl (C=O) groups is 1. The van der Waals surface area contributed by atoms with Gasteiger partial charge in [0.1, 0.15) is 12.0 Å². The van der Waals surface area contributed by atoms with Crippen molar-refractivity contribution in [2.75, 3.05) is 31.2 Å². The lowest BCUT2D eigenvalue weighted by atomic mass is 10.2. The van der Waals surface area contributed by atoms with Crippen LogP contribution in [0.4, 0.5) is 5.69 Å². The van der Waals surface area contributed by atoms with Crippen LogP contribution in [0.1, 0.15) is 21.7 Å². The van der Waals surface area contributed by atoms with Gasteiger partial charge in [-0.1, -0.05) is 12.1 Å². The minimum Gasteiger partial charge on any atom is -0.378 e. The van der Waals surface area contributed by atoms with E-state index < -0.39 is 0 Å². The minimum atomic E-state index is -0.187. The Balaban J connectivity index is 1.57. The number of anilines is 1. The standard InChI is InChI=1S/C17H20N4O2/c1-13-10-16(20-12-19-13)17(22)18-11-14-2-4-15(5-3-14)21-6-8-23-9-7-21/h2-5,10,12H,6-9,11H2,1H3,(H,18,22). The van der Waals surface area contributed by atoms with Crippen LogP contribution in [0.15, 0.2) is 36.7 Å². The fourth-order valence-corrected chi connectivity index (χ4v) is 2.50. The second-order valence-electron chi connectivity index (χ2n) is 5.49. The monoisotopic (exact) mass is 312 g/mol. The van der Waals surface area contributed by atoms with Crippen molar-refractivity contribution >= 4 is 11.6 Å². The van der Waals surface area contributed by atoms with Gasteiger partial charge in [-0.3, -0.25) is 4.79 Å². The molecule has 6 heteroatoms. The zero-order valence-corrected chi connectivity index (χ0v) is 13.2. The van der Waals surface area contributed by atoms with Crippen LogP contribution in [-0.2, 0) is 11.3 Å². The molecule has 1 amide bonds. The van der Waals surface area contributed by atoms with Crippen molar-refractivity contribution in [3.63, 3.8) is 0 Å². The van der Waals surface area contributed by atoms with Crippen LogP contribution in [0.25, 0.3) is 0 Å². The number of aromatic nitrogens is 2. The van der Waals surface area contributed by atoms with E-state index in [1.165, 1.54) is 12.0 Å². The van der Waals surface area contributed by atoms with Gasteiger partial charge in [0.25, 0.3) is 5.91 Å². The first-order chi connectivity index (χ1) is 11.2. The van der Waals surface area contributed by atoms with Gasteiger partial charge in [-0.25, -0.2) is 9.97 Å². The summed E-state index contributed by atoms with van der Waals surface area (Å²) >= 11 is 0. The maximum atomic E-state index is 12.1. The molecule has 1 saturated heterocycles. The van der Waals surface area contributed by atoms with E-state index in [-0.39, 0.29) is 5.91 Å². The van der Waals surface area contributed by atoms with Gasteiger partial charge in [0.05, 0.1) is 13.2 Å². The highest BCUT2D eigenvalue weighted by molar-refractivity contribution is 5.92. The molecule has 3 rings (SSSR count). The Morgan fingerprint density at radius 1 is 1.22 bits per heavy atom. The summed E-state index contributed by atoms with van der Waals surface area (Å²) in [5, 5.41) is 2.88. The van der Waals surface area contributed by atoms with Crippen LogP contribution in [0, 0.1) is 6.92 Å².